The SMILES string of the molecule is C[C@H]1Cc2cc(-c3csc(-c4ccoc4)n3)ccc2N1S(C)(=O)=O. The summed E-state index contributed by atoms with van der Waals surface area (Å²) in [6.07, 6.45) is 5.28. The fourth-order valence-corrected chi connectivity index (χ4v) is 5.27. The molecule has 3 heterocycles. The monoisotopic (exact) mass is 360 g/mol. The molecule has 1 atom stereocenters. The minimum Gasteiger partial charge on any atom is -0.472 e. The first-order valence-electron chi connectivity index (χ1n) is 7.54. The molecule has 4 rings (SSSR count). The Balaban J connectivity index is 1.72. The number of nitrogens with zero attached hydrogens (tertiary/aromatic N) is 2. The van der Waals surface area contributed by atoms with Crippen LogP contribution in [0.15, 0.2) is 46.6 Å². The Morgan fingerprint density at radius 1 is 1.29 bits per heavy atom. The zero-order valence-electron chi connectivity index (χ0n) is 13.3. The van der Waals surface area contributed by atoms with Gasteiger partial charge in [-0.2, -0.15) is 0 Å². The number of fused-ring (bicyclic) bond motifs is 1. The van der Waals surface area contributed by atoms with E-state index in [0.29, 0.717) is 0 Å². The molecule has 0 amide bonds. The second-order valence-corrected chi connectivity index (χ2v) is 8.72. The fraction of sp³-hybridized carbons (Fsp3) is 0.235. The highest BCUT2D eigenvalue weighted by atomic mass is 32.2. The van der Waals surface area contributed by atoms with Crippen LogP contribution >= 0.6 is 11.3 Å². The molecule has 0 saturated carbocycles. The van der Waals surface area contributed by atoms with E-state index in [1.807, 2.05) is 36.6 Å². The van der Waals surface area contributed by atoms with Gasteiger partial charge in [0.05, 0.1) is 23.9 Å². The zero-order chi connectivity index (χ0) is 16.9. The number of furan rings is 1. The average Bonchev–Trinajstić information content (AvgIpc) is 3.23. The summed E-state index contributed by atoms with van der Waals surface area (Å²) >= 11 is 1.56. The highest BCUT2D eigenvalue weighted by Gasteiger charge is 2.32. The first-order valence-corrected chi connectivity index (χ1v) is 10.3. The number of aromatic nitrogens is 1. The van der Waals surface area contributed by atoms with Crippen molar-refractivity contribution in [3.63, 3.8) is 0 Å². The largest absolute Gasteiger partial charge is 0.472 e. The number of anilines is 1. The third-order valence-electron chi connectivity index (χ3n) is 4.16. The number of benzene rings is 1. The van der Waals surface area contributed by atoms with Gasteiger partial charge in [0.25, 0.3) is 0 Å². The molecule has 0 fully saturated rings. The molecular weight excluding hydrogens is 344 g/mol. The molecule has 24 heavy (non-hydrogen) atoms. The Labute approximate surface area is 144 Å². The molecule has 124 valence electrons. The Morgan fingerprint density at radius 2 is 2.12 bits per heavy atom. The van der Waals surface area contributed by atoms with Gasteiger partial charge in [-0.15, -0.1) is 11.3 Å². The van der Waals surface area contributed by atoms with Crippen LogP contribution in [0.25, 0.3) is 21.8 Å². The predicted octanol–water partition coefficient (Wildman–Crippen LogP) is 3.78. The summed E-state index contributed by atoms with van der Waals surface area (Å²) in [6, 6.07) is 7.69. The van der Waals surface area contributed by atoms with E-state index in [0.717, 1.165) is 39.5 Å². The third kappa shape index (κ3) is 2.53. The van der Waals surface area contributed by atoms with Crippen LogP contribution in [0.4, 0.5) is 5.69 Å². The maximum atomic E-state index is 12.0. The van der Waals surface area contributed by atoms with Gasteiger partial charge in [0.2, 0.25) is 10.0 Å². The predicted molar refractivity (Wildman–Crippen MR) is 95.7 cm³/mol. The van der Waals surface area contributed by atoms with Crippen molar-refractivity contribution >= 4 is 27.0 Å². The van der Waals surface area contributed by atoms with Crippen LogP contribution in [-0.4, -0.2) is 25.7 Å². The number of thiazole rings is 1. The van der Waals surface area contributed by atoms with Crippen molar-refractivity contribution in [1.82, 2.24) is 4.98 Å². The molecule has 0 bridgehead atoms. The highest BCUT2D eigenvalue weighted by molar-refractivity contribution is 7.92. The number of rotatable bonds is 3. The summed E-state index contributed by atoms with van der Waals surface area (Å²) < 4.78 is 30.6. The van der Waals surface area contributed by atoms with Gasteiger partial charge in [-0.3, -0.25) is 4.31 Å². The summed E-state index contributed by atoms with van der Waals surface area (Å²) in [5.41, 5.74) is 4.68. The van der Waals surface area contributed by atoms with Gasteiger partial charge in [-0.1, -0.05) is 6.07 Å². The minimum absolute atomic E-state index is 0.0535. The number of hydrogen-bond donors (Lipinski definition) is 0. The van der Waals surface area contributed by atoms with Gasteiger partial charge in [0.1, 0.15) is 11.3 Å². The molecule has 0 N–H and O–H groups in total. The van der Waals surface area contributed by atoms with Crippen molar-refractivity contribution in [1.29, 1.82) is 0 Å². The van der Waals surface area contributed by atoms with Gasteiger partial charge in [-0.05, 0) is 37.1 Å². The van der Waals surface area contributed by atoms with E-state index in [1.165, 1.54) is 10.6 Å². The van der Waals surface area contributed by atoms with Crippen molar-refractivity contribution in [2.45, 2.75) is 19.4 Å². The van der Waals surface area contributed by atoms with Crippen molar-refractivity contribution in [2.24, 2.45) is 0 Å². The van der Waals surface area contributed by atoms with Crippen LogP contribution in [0.3, 0.4) is 0 Å². The molecule has 0 aliphatic carbocycles. The Kier molecular flexibility index (Phi) is 3.51. The minimum atomic E-state index is -3.26. The van der Waals surface area contributed by atoms with Gasteiger partial charge in [0.15, 0.2) is 0 Å². The molecule has 0 spiro atoms. The molecule has 1 aromatic carbocycles. The normalized spacial score (nSPS) is 17.2. The topological polar surface area (TPSA) is 63.4 Å². The summed E-state index contributed by atoms with van der Waals surface area (Å²) in [5.74, 6) is 0. The molecule has 1 aliphatic rings. The van der Waals surface area contributed by atoms with Crippen molar-refractivity contribution in [2.75, 3.05) is 10.6 Å². The first kappa shape index (κ1) is 15.4. The van der Waals surface area contributed by atoms with Crippen LogP contribution in [-0.2, 0) is 16.4 Å². The van der Waals surface area contributed by atoms with E-state index in [-0.39, 0.29) is 6.04 Å². The van der Waals surface area contributed by atoms with Crippen molar-refractivity contribution in [3.8, 4) is 21.8 Å². The maximum absolute atomic E-state index is 12.0. The van der Waals surface area contributed by atoms with E-state index in [9.17, 15) is 8.42 Å². The quantitative estimate of drug-likeness (QED) is 0.713. The van der Waals surface area contributed by atoms with Gasteiger partial charge < -0.3 is 4.42 Å². The van der Waals surface area contributed by atoms with Crippen LogP contribution in [0, 0.1) is 0 Å². The lowest BCUT2D eigenvalue weighted by Crippen LogP contribution is -2.34. The molecule has 0 radical (unpaired) electrons. The highest BCUT2D eigenvalue weighted by Crippen LogP contribution is 2.37. The lowest BCUT2D eigenvalue weighted by Gasteiger charge is -2.21. The molecule has 5 nitrogen and oxygen atoms in total. The van der Waals surface area contributed by atoms with Crippen LogP contribution in [0.2, 0.25) is 0 Å². The van der Waals surface area contributed by atoms with Crippen molar-refractivity contribution in [3.05, 3.63) is 47.7 Å². The van der Waals surface area contributed by atoms with E-state index in [4.69, 9.17) is 4.42 Å². The number of hydrogen-bond acceptors (Lipinski definition) is 5. The van der Waals surface area contributed by atoms with Gasteiger partial charge >= 0.3 is 0 Å². The summed E-state index contributed by atoms with van der Waals surface area (Å²) in [5, 5.41) is 2.92. The van der Waals surface area contributed by atoms with Crippen LogP contribution < -0.4 is 4.31 Å². The lowest BCUT2D eigenvalue weighted by atomic mass is 10.1. The summed E-state index contributed by atoms with van der Waals surface area (Å²) in [7, 11) is -3.26. The second kappa shape index (κ2) is 5.46. The van der Waals surface area contributed by atoms with E-state index < -0.39 is 10.0 Å². The maximum Gasteiger partial charge on any atom is 0.232 e. The average molecular weight is 360 g/mol. The zero-order valence-corrected chi connectivity index (χ0v) is 14.9. The van der Waals surface area contributed by atoms with Crippen molar-refractivity contribution < 1.29 is 12.8 Å². The standard InChI is InChI=1S/C17H16N2O3S2/c1-11-7-14-8-12(3-4-16(14)19(11)24(2,20)21)15-10-23-17(18-15)13-5-6-22-9-13/h3-6,8-11H,7H2,1-2H3/t11-/m0/s1. The molecular formula is C17H16N2O3S2. The number of sulfonamides is 1. The Bertz CT molecular complexity index is 991. The summed E-state index contributed by atoms with van der Waals surface area (Å²) in [6.45, 7) is 1.93. The van der Waals surface area contributed by atoms with E-state index in [1.54, 1.807) is 23.9 Å². The Hall–Kier alpha value is -2.12. The molecule has 0 saturated heterocycles. The molecule has 0 unspecified atom stereocenters. The summed E-state index contributed by atoms with van der Waals surface area (Å²) in [4.78, 5) is 4.66. The Morgan fingerprint density at radius 3 is 2.83 bits per heavy atom. The van der Waals surface area contributed by atoms with Crippen LogP contribution in [0.5, 0.6) is 0 Å². The third-order valence-corrected chi connectivity index (χ3v) is 6.32. The smallest absolute Gasteiger partial charge is 0.232 e. The molecule has 1 aliphatic heterocycles. The van der Waals surface area contributed by atoms with E-state index in [2.05, 4.69) is 4.98 Å². The first-order chi connectivity index (χ1) is 11.4. The van der Waals surface area contributed by atoms with Gasteiger partial charge in [-0.25, -0.2) is 13.4 Å². The second-order valence-electron chi connectivity index (χ2n) is 6.01. The van der Waals surface area contributed by atoms with Crippen LogP contribution in [0.1, 0.15) is 12.5 Å². The fourth-order valence-electron chi connectivity index (χ4n) is 3.19. The van der Waals surface area contributed by atoms with Gasteiger partial charge in [0, 0.05) is 22.5 Å². The van der Waals surface area contributed by atoms with E-state index >= 15 is 0 Å². The molecule has 3 aromatic rings. The molecule has 2 aromatic heterocycles. The lowest BCUT2D eigenvalue weighted by molar-refractivity contribution is 0.568. The molecule has 7 heteroatoms.